The van der Waals surface area contributed by atoms with Gasteiger partial charge in [-0.05, 0) is 12.8 Å². The van der Waals surface area contributed by atoms with Crippen molar-refractivity contribution in [1.29, 1.82) is 0 Å². The van der Waals surface area contributed by atoms with E-state index in [4.69, 9.17) is 4.52 Å². The summed E-state index contributed by atoms with van der Waals surface area (Å²) in [5.74, 6) is 2.18. The molecule has 0 unspecified atom stereocenters. The maximum absolute atomic E-state index is 4.70. The highest BCUT2D eigenvalue weighted by Crippen LogP contribution is 2.39. The van der Waals surface area contributed by atoms with E-state index in [1.165, 1.54) is 19.2 Å². The van der Waals surface area contributed by atoms with Crippen molar-refractivity contribution in [1.82, 2.24) is 20.1 Å². The summed E-state index contributed by atoms with van der Waals surface area (Å²) in [5.41, 5.74) is 1.13. The minimum Gasteiger partial charge on any atom is -0.352 e. The molecule has 2 aromatic rings. The van der Waals surface area contributed by atoms with Crippen LogP contribution in [-0.2, 0) is 6.54 Å². The minimum atomic E-state index is 0.581. The standard InChI is InChI=1S/C11H13N5O/c1-16(5-10-14-7-17-15-10)11-4-9(8-2-3-8)12-6-13-11/h4,6-8H,2-3,5H2,1H3. The molecule has 1 saturated carbocycles. The molecule has 2 aromatic heterocycles. The molecule has 0 aromatic carbocycles. The highest BCUT2D eigenvalue weighted by Gasteiger charge is 2.25. The second-order valence-corrected chi connectivity index (χ2v) is 4.28. The van der Waals surface area contributed by atoms with Gasteiger partial charge < -0.3 is 9.42 Å². The number of hydrogen-bond donors (Lipinski definition) is 0. The van der Waals surface area contributed by atoms with Crippen LogP contribution >= 0.6 is 0 Å². The van der Waals surface area contributed by atoms with E-state index in [-0.39, 0.29) is 0 Å². The van der Waals surface area contributed by atoms with Gasteiger partial charge in [-0.1, -0.05) is 5.16 Å². The Labute approximate surface area is 98.7 Å². The van der Waals surface area contributed by atoms with Gasteiger partial charge in [0.25, 0.3) is 0 Å². The first kappa shape index (κ1) is 10.2. The molecule has 17 heavy (non-hydrogen) atoms. The molecule has 1 aliphatic rings. The van der Waals surface area contributed by atoms with Crippen LogP contribution in [0.5, 0.6) is 0 Å². The first-order valence-electron chi connectivity index (χ1n) is 5.61. The Balaban J connectivity index is 1.76. The van der Waals surface area contributed by atoms with Crippen molar-refractivity contribution >= 4 is 5.82 Å². The molecule has 6 nitrogen and oxygen atoms in total. The largest absolute Gasteiger partial charge is 0.352 e. The fraction of sp³-hybridized carbons (Fsp3) is 0.455. The summed E-state index contributed by atoms with van der Waals surface area (Å²) < 4.78 is 4.70. The first-order valence-corrected chi connectivity index (χ1v) is 5.61. The lowest BCUT2D eigenvalue weighted by molar-refractivity contribution is 0.409. The van der Waals surface area contributed by atoms with Crippen molar-refractivity contribution in [2.24, 2.45) is 0 Å². The maximum Gasteiger partial charge on any atom is 0.213 e. The number of rotatable bonds is 4. The van der Waals surface area contributed by atoms with E-state index in [1.54, 1.807) is 6.33 Å². The quantitative estimate of drug-likeness (QED) is 0.791. The van der Waals surface area contributed by atoms with Crippen LogP contribution in [0.15, 0.2) is 23.3 Å². The van der Waals surface area contributed by atoms with Crippen LogP contribution in [0.1, 0.15) is 30.3 Å². The number of aromatic nitrogens is 4. The molecule has 0 bridgehead atoms. The first-order chi connectivity index (χ1) is 8.33. The lowest BCUT2D eigenvalue weighted by atomic mass is 10.3. The third kappa shape index (κ3) is 2.25. The van der Waals surface area contributed by atoms with Crippen LogP contribution < -0.4 is 4.90 Å². The Morgan fingerprint density at radius 1 is 1.35 bits per heavy atom. The van der Waals surface area contributed by atoms with Gasteiger partial charge in [-0.2, -0.15) is 4.98 Å². The van der Waals surface area contributed by atoms with Gasteiger partial charge in [0, 0.05) is 24.7 Å². The maximum atomic E-state index is 4.70. The monoisotopic (exact) mass is 231 g/mol. The molecule has 1 aliphatic carbocycles. The topological polar surface area (TPSA) is 67.9 Å². The number of hydrogen-bond acceptors (Lipinski definition) is 6. The van der Waals surface area contributed by atoms with Gasteiger partial charge in [-0.25, -0.2) is 9.97 Å². The highest BCUT2D eigenvalue weighted by atomic mass is 16.5. The Hall–Kier alpha value is -1.98. The molecule has 0 radical (unpaired) electrons. The molecule has 0 aliphatic heterocycles. The van der Waals surface area contributed by atoms with Crippen molar-refractivity contribution < 1.29 is 4.52 Å². The van der Waals surface area contributed by atoms with E-state index in [1.807, 2.05) is 18.0 Å². The predicted octanol–water partition coefficient (Wildman–Crippen LogP) is 1.37. The average molecular weight is 231 g/mol. The molecule has 0 spiro atoms. The Morgan fingerprint density at radius 2 is 2.24 bits per heavy atom. The third-order valence-electron chi connectivity index (χ3n) is 2.85. The molecule has 0 atom stereocenters. The van der Waals surface area contributed by atoms with Crippen LogP contribution in [0.4, 0.5) is 5.82 Å². The second-order valence-electron chi connectivity index (χ2n) is 4.28. The Kier molecular flexibility index (Phi) is 2.47. The lowest BCUT2D eigenvalue weighted by Gasteiger charge is -2.16. The molecule has 0 amide bonds. The smallest absolute Gasteiger partial charge is 0.213 e. The zero-order chi connectivity index (χ0) is 11.7. The Bertz CT molecular complexity index is 494. The molecule has 0 saturated heterocycles. The van der Waals surface area contributed by atoms with Crippen LogP contribution in [0, 0.1) is 0 Å². The van der Waals surface area contributed by atoms with Crippen LogP contribution in [0.2, 0.25) is 0 Å². The summed E-state index contributed by atoms with van der Waals surface area (Å²) in [6.45, 7) is 0.581. The van der Waals surface area contributed by atoms with E-state index in [2.05, 4.69) is 20.1 Å². The molecular weight excluding hydrogens is 218 g/mol. The fourth-order valence-electron chi connectivity index (χ4n) is 1.73. The minimum absolute atomic E-state index is 0.581. The summed E-state index contributed by atoms with van der Waals surface area (Å²) in [7, 11) is 1.95. The zero-order valence-electron chi connectivity index (χ0n) is 9.58. The van der Waals surface area contributed by atoms with Crippen molar-refractivity contribution in [3.8, 4) is 0 Å². The molecule has 88 valence electrons. The highest BCUT2D eigenvalue weighted by molar-refractivity contribution is 5.39. The lowest BCUT2D eigenvalue weighted by Crippen LogP contribution is -2.18. The van der Waals surface area contributed by atoms with Crippen LogP contribution in [0.25, 0.3) is 0 Å². The SMILES string of the molecule is CN(Cc1ncon1)c1cc(C2CC2)ncn1. The molecule has 2 heterocycles. The number of anilines is 1. The molecule has 1 fully saturated rings. The van der Waals surface area contributed by atoms with E-state index in [9.17, 15) is 0 Å². The van der Waals surface area contributed by atoms with Crippen LogP contribution in [-0.4, -0.2) is 27.2 Å². The van der Waals surface area contributed by atoms with Gasteiger partial charge in [0.1, 0.15) is 12.1 Å². The van der Waals surface area contributed by atoms with E-state index in [0.29, 0.717) is 18.3 Å². The van der Waals surface area contributed by atoms with Crippen molar-refractivity contribution in [2.75, 3.05) is 11.9 Å². The second kappa shape index (κ2) is 4.12. The molecule has 3 rings (SSSR count). The summed E-state index contributed by atoms with van der Waals surface area (Å²) in [4.78, 5) is 14.5. The van der Waals surface area contributed by atoms with Gasteiger partial charge in [0.05, 0.1) is 6.54 Å². The van der Waals surface area contributed by atoms with Crippen LogP contribution in [0.3, 0.4) is 0 Å². The molecule has 0 N–H and O–H groups in total. The van der Waals surface area contributed by atoms with E-state index >= 15 is 0 Å². The summed E-state index contributed by atoms with van der Waals surface area (Å²) in [6, 6.07) is 2.04. The van der Waals surface area contributed by atoms with Gasteiger partial charge >= 0.3 is 0 Å². The predicted molar refractivity (Wildman–Crippen MR) is 60.4 cm³/mol. The van der Waals surface area contributed by atoms with Gasteiger partial charge in [0.2, 0.25) is 6.39 Å². The number of nitrogens with zero attached hydrogens (tertiary/aromatic N) is 5. The molecule has 6 heteroatoms. The fourth-order valence-corrected chi connectivity index (χ4v) is 1.73. The van der Waals surface area contributed by atoms with Gasteiger partial charge in [0.15, 0.2) is 5.82 Å². The normalized spacial score (nSPS) is 14.9. The summed E-state index contributed by atoms with van der Waals surface area (Å²) in [6.07, 6.45) is 5.44. The van der Waals surface area contributed by atoms with Crippen molar-refractivity contribution in [3.63, 3.8) is 0 Å². The van der Waals surface area contributed by atoms with Gasteiger partial charge in [-0.15, -0.1) is 0 Å². The third-order valence-corrected chi connectivity index (χ3v) is 2.85. The van der Waals surface area contributed by atoms with E-state index in [0.717, 1.165) is 11.5 Å². The Morgan fingerprint density at radius 3 is 2.94 bits per heavy atom. The van der Waals surface area contributed by atoms with Gasteiger partial charge in [-0.3, -0.25) is 0 Å². The van der Waals surface area contributed by atoms with Crippen molar-refractivity contribution in [3.05, 3.63) is 30.3 Å². The molecular formula is C11H13N5O. The summed E-state index contributed by atoms with van der Waals surface area (Å²) >= 11 is 0. The average Bonchev–Trinajstić information content (AvgIpc) is 3.09. The summed E-state index contributed by atoms with van der Waals surface area (Å²) in [5, 5.41) is 3.78. The van der Waals surface area contributed by atoms with E-state index < -0.39 is 0 Å². The zero-order valence-corrected chi connectivity index (χ0v) is 9.58. The van der Waals surface area contributed by atoms with Crippen molar-refractivity contribution in [2.45, 2.75) is 25.3 Å².